The highest BCUT2D eigenvalue weighted by Crippen LogP contribution is 2.17. The average Bonchev–Trinajstić information content (AvgIpc) is 2.15. The number of amides is 1. The zero-order chi connectivity index (χ0) is 14.2. The number of thiol groups is 1. The zero-order valence-electron chi connectivity index (χ0n) is 10.2. The monoisotopic (exact) mass is 320 g/mol. The Hall–Kier alpha value is 0.230. The van der Waals surface area contributed by atoms with E-state index in [1.807, 2.05) is 27.7 Å². The molecule has 17 heavy (non-hydrogen) atoms. The summed E-state index contributed by atoms with van der Waals surface area (Å²) >= 11 is 19.5. The summed E-state index contributed by atoms with van der Waals surface area (Å²) in [5.74, 6) is 0.393. The molecule has 0 aliphatic carbocycles. The van der Waals surface area contributed by atoms with Crippen LogP contribution in [0.25, 0.3) is 0 Å². The van der Waals surface area contributed by atoms with E-state index < -0.39 is 6.09 Å². The molecule has 0 aromatic rings. The van der Waals surface area contributed by atoms with Crippen molar-refractivity contribution in [2.45, 2.75) is 39.8 Å². The van der Waals surface area contributed by atoms with E-state index in [0.29, 0.717) is 10.8 Å². The van der Waals surface area contributed by atoms with E-state index in [2.05, 4.69) is 12.6 Å². The fourth-order valence-electron chi connectivity index (χ4n) is 1.08. The maximum atomic E-state index is 10.4. The van der Waals surface area contributed by atoms with Gasteiger partial charge in [-0.3, -0.25) is 0 Å². The molecule has 102 valence electrons. The predicted octanol–water partition coefficient (Wildman–Crippen LogP) is 3.25. The van der Waals surface area contributed by atoms with E-state index >= 15 is 0 Å². The lowest BCUT2D eigenvalue weighted by molar-refractivity contribution is -0.269. The standard InChI is InChI=1S/C7H15NO2.C3H3Cl3S/c1-5(2)8(6(3)4)7(9)10;4-2(1-7)3(5)6/h5-6H,1-4H3,(H,9,10);7H,1H2/p-1. The van der Waals surface area contributed by atoms with Crippen LogP contribution in [0.1, 0.15) is 27.7 Å². The van der Waals surface area contributed by atoms with Crippen LogP contribution in [0.5, 0.6) is 0 Å². The number of hydrogen-bond acceptors (Lipinski definition) is 3. The topological polar surface area (TPSA) is 43.4 Å². The number of carboxylic acid groups (broad SMARTS) is 1. The number of hydrogen-bond donors (Lipinski definition) is 1. The lowest BCUT2D eigenvalue weighted by Gasteiger charge is -2.32. The van der Waals surface area contributed by atoms with Crippen LogP contribution >= 0.6 is 47.4 Å². The summed E-state index contributed by atoms with van der Waals surface area (Å²) in [7, 11) is 0. The first kappa shape index (κ1) is 19.6. The van der Waals surface area contributed by atoms with Crippen molar-refractivity contribution >= 4 is 53.5 Å². The van der Waals surface area contributed by atoms with Crippen molar-refractivity contribution in [3.8, 4) is 0 Å². The first-order valence-electron chi connectivity index (χ1n) is 4.94. The van der Waals surface area contributed by atoms with E-state index in [4.69, 9.17) is 34.8 Å². The Kier molecular flexibility index (Phi) is 11.7. The normalized spacial score (nSPS) is 9.76. The van der Waals surface area contributed by atoms with Gasteiger partial charge in [0.15, 0.2) is 0 Å². The zero-order valence-corrected chi connectivity index (χ0v) is 13.4. The lowest BCUT2D eigenvalue weighted by Crippen LogP contribution is -2.48. The minimum atomic E-state index is -1.09. The van der Waals surface area contributed by atoms with Gasteiger partial charge < -0.3 is 14.8 Å². The number of nitrogens with zero attached hydrogens (tertiary/aromatic N) is 1. The highest BCUT2D eigenvalue weighted by molar-refractivity contribution is 7.80. The molecular weight excluding hydrogens is 305 g/mol. The first-order chi connectivity index (χ1) is 7.64. The van der Waals surface area contributed by atoms with Crippen molar-refractivity contribution < 1.29 is 9.90 Å². The van der Waals surface area contributed by atoms with Crippen LogP contribution in [0.15, 0.2) is 9.52 Å². The molecule has 0 heterocycles. The molecule has 0 fully saturated rings. The van der Waals surface area contributed by atoms with Gasteiger partial charge >= 0.3 is 0 Å². The largest absolute Gasteiger partial charge is 0.530 e. The maximum Gasteiger partial charge on any atom is 0.137 e. The van der Waals surface area contributed by atoms with Gasteiger partial charge in [-0.05, 0) is 27.7 Å². The van der Waals surface area contributed by atoms with Crippen LogP contribution < -0.4 is 5.11 Å². The van der Waals surface area contributed by atoms with Gasteiger partial charge in [-0.1, -0.05) is 34.8 Å². The molecule has 0 unspecified atom stereocenters. The van der Waals surface area contributed by atoms with E-state index in [9.17, 15) is 9.90 Å². The third-order valence-electron chi connectivity index (χ3n) is 1.67. The molecular formula is C10H17Cl3NO2S-. The molecule has 0 aliphatic heterocycles. The molecule has 0 bridgehead atoms. The van der Waals surface area contributed by atoms with Gasteiger partial charge in [-0.2, -0.15) is 12.6 Å². The fourth-order valence-corrected chi connectivity index (χ4v) is 1.56. The van der Waals surface area contributed by atoms with Crippen LogP contribution in [0.2, 0.25) is 0 Å². The summed E-state index contributed by atoms with van der Waals surface area (Å²) in [5.41, 5.74) is 0. The number of halogens is 3. The number of carbonyl (C=O) groups excluding carboxylic acids is 1. The lowest BCUT2D eigenvalue weighted by atomic mass is 10.2. The van der Waals surface area contributed by atoms with Crippen LogP contribution in [0.3, 0.4) is 0 Å². The van der Waals surface area contributed by atoms with Gasteiger partial charge in [-0.25, -0.2) is 0 Å². The Morgan fingerprint density at radius 2 is 1.53 bits per heavy atom. The number of rotatable bonds is 3. The highest BCUT2D eigenvalue weighted by atomic mass is 35.5. The summed E-state index contributed by atoms with van der Waals surface area (Å²) in [5, 5.41) is 10.8. The van der Waals surface area contributed by atoms with Crippen molar-refractivity contribution in [1.82, 2.24) is 4.90 Å². The van der Waals surface area contributed by atoms with Gasteiger partial charge in [0.25, 0.3) is 0 Å². The molecule has 0 rings (SSSR count). The summed E-state index contributed by atoms with van der Waals surface area (Å²) < 4.78 is 0.0941. The van der Waals surface area contributed by atoms with Gasteiger partial charge in [0.2, 0.25) is 0 Å². The molecule has 3 nitrogen and oxygen atoms in total. The fraction of sp³-hybridized carbons (Fsp3) is 0.700. The smallest absolute Gasteiger partial charge is 0.137 e. The molecule has 0 aliphatic rings. The van der Waals surface area contributed by atoms with Crippen molar-refractivity contribution in [3.63, 3.8) is 0 Å². The van der Waals surface area contributed by atoms with Crippen LogP contribution in [-0.2, 0) is 0 Å². The average molecular weight is 322 g/mol. The van der Waals surface area contributed by atoms with Crippen molar-refractivity contribution in [2.75, 3.05) is 5.75 Å². The number of carbonyl (C=O) groups is 1. The third-order valence-corrected chi connectivity index (χ3v) is 3.14. The second-order valence-corrected chi connectivity index (χ2v) is 5.41. The van der Waals surface area contributed by atoms with E-state index in [1.54, 1.807) is 0 Å². The summed E-state index contributed by atoms with van der Waals surface area (Å²) in [4.78, 5) is 11.7. The molecule has 1 amide bonds. The van der Waals surface area contributed by atoms with Crippen LogP contribution in [-0.4, -0.2) is 28.8 Å². The first-order valence-corrected chi connectivity index (χ1v) is 6.71. The van der Waals surface area contributed by atoms with E-state index in [-0.39, 0.29) is 16.6 Å². The molecule has 0 saturated heterocycles. The van der Waals surface area contributed by atoms with Crippen molar-refractivity contribution in [1.29, 1.82) is 0 Å². The molecule has 0 radical (unpaired) electrons. The highest BCUT2D eigenvalue weighted by Gasteiger charge is 2.11. The van der Waals surface area contributed by atoms with Crippen molar-refractivity contribution in [2.24, 2.45) is 0 Å². The van der Waals surface area contributed by atoms with Gasteiger partial charge in [0.05, 0.1) is 5.03 Å². The Balaban J connectivity index is 0. The van der Waals surface area contributed by atoms with Crippen LogP contribution in [0, 0.1) is 0 Å². The maximum absolute atomic E-state index is 10.4. The summed E-state index contributed by atoms with van der Waals surface area (Å²) in [6.45, 7) is 7.32. The van der Waals surface area contributed by atoms with Crippen LogP contribution in [0.4, 0.5) is 4.79 Å². The summed E-state index contributed by atoms with van der Waals surface area (Å²) in [6, 6.07) is 0.00926. The Bertz CT molecular complexity index is 258. The van der Waals surface area contributed by atoms with Crippen molar-refractivity contribution in [3.05, 3.63) is 9.52 Å². The molecule has 0 saturated carbocycles. The Morgan fingerprint density at radius 1 is 1.18 bits per heavy atom. The minimum absolute atomic E-state index is 0.00463. The van der Waals surface area contributed by atoms with E-state index in [0.717, 1.165) is 0 Å². The minimum Gasteiger partial charge on any atom is -0.530 e. The van der Waals surface area contributed by atoms with Gasteiger partial charge in [-0.15, -0.1) is 0 Å². The molecule has 0 atom stereocenters. The molecule has 0 spiro atoms. The van der Waals surface area contributed by atoms with Gasteiger partial charge in [0.1, 0.15) is 10.6 Å². The molecule has 0 N–H and O–H groups in total. The predicted molar refractivity (Wildman–Crippen MR) is 75.9 cm³/mol. The second kappa shape index (κ2) is 10.2. The Labute approximate surface area is 123 Å². The van der Waals surface area contributed by atoms with E-state index in [1.165, 1.54) is 4.90 Å². The second-order valence-electron chi connectivity index (χ2n) is 3.68. The SMILES string of the molecule is CC(C)N(C(=O)[O-])C(C)C.SCC(Cl)=C(Cl)Cl. The molecule has 0 aromatic heterocycles. The van der Waals surface area contributed by atoms with Gasteiger partial charge in [0, 0.05) is 17.8 Å². The quantitative estimate of drug-likeness (QED) is 0.811. The Morgan fingerprint density at radius 3 is 1.53 bits per heavy atom. The summed E-state index contributed by atoms with van der Waals surface area (Å²) in [6.07, 6.45) is -1.09. The third kappa shape index (κ3) is 9.89. The molecule has 7 heteroatoms. The molecule has 0 aromatic carbocycles.